The number of hydrogen-bond acceptors (Lipinski definition) is 2. The van der Waals surface area contributed by atoms with Crippen molar-refractivity contribution < 1.29 is 5.11 Å². The molecule has 0 radical (unpaired) electrons. The molecule has 3 atom stereocenters. The number of nitrogens with zero attached hydrogens (tertiary/aromatic N) is 1. The van der Waals surface area contributed by atoms with E-state index in [1.54, 1.807) is 0 Å². The van der Waals surface area contributed by atoms with Crippen LogP contribution in [0.4, 0.5) is 0 Å². The van der Waals surface area contributed by atoms with Crippen LogP contribution in [0.3, 0.4) is 0 Å². The zero-order valence-electron chi connectivity index (χ0n) is 18.8. The molecule has 2 aromatic rings. The zero-order valence-corrected chi connectivity index (χ0v) is 18.8. The van der Waals surface area contributed by atoms with Crippen molar-refractivity contribution in [3.8, 4) is 0 Å². The van der Waals surface area contributed by atoms with Gasteiger partial charge in [-0.15, -0.1) is 0 Å². The minimum absolute atomic E-state index is 0.111. The maximum atomic E-state index is 11.5. The topological polar surface area (TPSA) is 23.5 Å². The molecule has 0 amide bonds. The fraction of sp³-hybridized carbons (Fsp3) is 0.571. The Balaban J connectivity index is 1.75. The molecule has 3 aliphatic rings. The predicted octanol–water partition coefficient (Wildman–Crippen LogP) is 6.37. The molecule has 2 aromatic carbocycles. The molecule has 2 bridgehead atoms. The number of benzene rings is 2. The standard InChI is InChI=1S/C28H39NO/c1-3-5-17-29(18-6-4-2)28-19-24(22-13-9-7-10-14-22)27(26(30)21-28)25(20-28)23-15-11-8-12-16-23/h7-16,24-27,30H,3-6,17-21H2,1-2H3/t24-,25-,26+,27?,28?/m0/s1. The lowest BCUT2D eigenvalue weighted by Crippen LogP contribution is -2.63. The third kappa shape index (κ3) is 4.22. The summed E-state index contributed by atoms with van der Waals surface area (Å²) in [6.45, 7) is 6.91. The summed E-state index contributed by atoms with van der Waals surface area (Å²) in [5, 5.41) is 11.5. The van der Waals surface area contributed by atoms with Crippen molar-refractivity contribution in [2.45, 2.75) is 82.3 Å². The second-order valence-corrected chi connectivity index (χ2v) is 9.71. The van der Waals surface area contributed by atoms with Gasteiger partial charge in [-0.2, -0.15) is 0 Å². The van der Waals surface area contributed by atoms with Crippen molar-refractivity contribution in [1.82, 2.24) is 4.90 Å². The van der Waals surface area contributed by atoms with E-state index in [2.05, 4.69) is 79.4 Å². The molecule has 30 heavy (non-hydrogen) atoms. The van der Waals surface area contributed by atoms with Gasteiger partial charge in [0.1, 0.15) is 0 Å². The van der Waals surface area contributed by atoms with Gasteiger partial charge in [-0.05, 0) is 74.1 Å². The highest BCUT2D eigenvalue weighted by molar-refractivity contribution is 5.32. The van der Waals surface area contributed by atoms with Gasteiger partial charge >= 0.3 is 0 Å². The molecule has 3 fully saturated rings. The van der Waals surface area contributed by atoms with E-state index in [1.165, 1.54) is 49.7 Å². The molecule has 0 saturated heterocycles. The molecular formula is C28H39NO. The van der Waals surface area contributed by atoms with Crippen LogP contribution in [0.15, 0.2) is 60.7 Å². The average Bonchev–Trinajstić information content (AvgIpc) is 2.80. The lowest BCUT2D eigenvalue weighted by Gasteiger charge is -2.61. The van der Waals surface area contributed by atoms with Gasteiger partial charge in [0.05, 0.1) is 6.10 Å². The summed E-state index contributed by atoms with van der Waals surface area (Å²) < 4.78 is 0. The summed E-state index contributed by atoms with van der Waals surface area (Å²) in [7, 11) is 0. The molecule has 5 rings (SSSR count). The number of fused-ring (bicyclic) bond motifs is 3. The quantitative estimate of drug-likeness (QED) is 0.524. The van der Waals surface area contributed by atoms with Crippen LogP contribution in [0.25, 0.3) is 0 Å². The summed E-state index contributed by atoms with van der Waals surface area (Å²) in [5.74, 6) is 1.18. The third-order valence-corrected chi connectivity index (χ3v) is 7.85. The van der Waals surface area contributed by atoms with E-state index in [9.17, 15) is 5.11 Å². The van der Waals surface area contributed by atoms with Gasteiger partial charge in [0, 0.05) is 5.54 Å². The molecule has 0 unspecified atom stereocenters. The summed E-state index contributed by atoms with van der Waals surface area (Å²) in [5.41, 5.74) is 2.94. The molecule has 2 nitrogen and oxygen atoms in total. The largest absolute Gasteiger partial charge is 0.393 e. The second-order valence-electron chi connectivity index (χ2n) is 9.71. The Labute approximate surface area is 183 Å². The highest BCUT2D eigenvalue weighted by atomic mass is 16.3. The monoisotopic (exact) mass is 405 g/mol. The van der Waals surface area contributed by atoms with Crippen LogP contribution in [0.5, 0.6) is 0 Å². The number of hydrogen-bond donors (Lipinski definition) is 1. The lowest BCUT2D eigenvalue weighted by atomic mass is 9.51. The Bertz CT molecular complexity index is 716. The van der Waals surface area contributed by atoms with Crippen LogP contribution < -0.4 is 0 Å². The average molecular weight is 406 g/mol. The van der Waals surface area contributed by atoms with Gasteiger partial charge in [-0.25, -0.2) is 0 Å². The van der Waals surface area contributed by atoms with Crippen LogP contribution in [-0.4, -0.2) is 34.7 Å². The third-order valence-electron chi connectivity index (χ3n) is 7.85. The maximum absolute atomic E-state index is 11.5. The molecular weight excluding hydrogens is 366 g/mol. The first kappa shape index (κ1) is 21.6. The van der Waals surface area contributed by atoms with Gasteiger partial charge in [0.15, 0.2) is 0 Å². The van der Waals surface area contributed by atoms with E-state index >= 15 is 0 Å². The summed E-state index contributed by atoms with van der Waals surface area (Å²) in [6, 6.07) is 22.0. The van der Waals surface area contributed by atoms with Crippen LogP contribution >= 0.6 is 0 Å². The zero-order chi connectivity index (χ0) is 21.0. The van der Waals surface area contributed by atoms with Gasteiger partial charge in [0.25, 0.3) is 0 Å². The first-order valence-corrected chi connectivity index (χ1v) is 12.2. The second kappa shape index (κ2) is 9.66. The Kier molecular flexibility index (Phi) is 6.95. The molecule has 0 aliphatic heterocycles. The van der Waals surface area contributed by atoms with Crippen LogP contribution in [0, 0.1) is 5.92 Å². The number of aliphatic hydroxyl groups excluding tert-OH is 1. The van der Waals surface area contributed by atoms with E-state index in [4.69, 9.17) is 0 Å². The lowest BCUT2D eigenvalue weighted by molar-refractivity contribution is -0.106. The Morgan fingerprint density at radius 1 is 0.767 bits per heavy atom. The van der Waals surface area contributed by atoms with Crippen LogP contribution in [-0.2, 0) is 0 Å². The summed E-state index contributed by atoms with van der Waals surface area (Å²) in [4.78, 5) is 2.80. The summed E-state index contributed by atoms with van der Waals surface area (Å²) in [6.07, 6.45) is 8.05. The van der Waals surface area contributed by atoms with E-state index in [0.717, 1.165) is 19.5 Å². The Morgan fingerprint density at radius 2 is 1.23 bits per heavy atom. The Morgan fingerprint density at radius 3 is 1.67 bits per heavy atom. The molecule has 0 aromatic heterocycles. The summed E-state index contributed by atoms with van der Waals surface area (Å²) >= 11 is 0. The van der Waals surface area contributed by atoms with Crippen molar-refractivity contribution in [3.05, 3.63) is 71.8 Å². The van der Waals surface area contributed by atoms with E-state index in [0.29, 0.717) is 17.8 Å². The van der Waals surface area contributed by atoms with Gasteiger partial charge in [-0.3, -0.25) is 4.90 Å². The van der Waals surface area contributed by atoms with Gasteiger partial charge in [-0.1, -0.05) is 87.4 Å². The Hall–Kier alpha value is -1.64. The van der Waals surface area contributed by atoms with E-state index < -0.39 is 0 Å². The highest BCUT2D eigenvalue weighted by Crippen LogP contribution is 2.59. The van der Waals surface area contributed by atoms with E-state index in [-0.39, 0.29) is 11.6 Å². The fourth-order valence-electron chi connectivity index (χ4n) is 6.43. The van der Waals surface area contributed by atoms with Crippen molar-refractivity contribution in [2.24, 2.45) is 5.92 Å². The van der Waals surface area contributed by atoms with Crippen LogP contribution in [0.1, 0.15) is 81.8 Å². The molecule has 162 valence electrons. The maximum Gasteiger partial charge on any atom is 0.0597 e. The van der Waals surface area contributed by atoms with Gasteiger partial charge < -0.3 is 5.11 Å². The van der Waals surface area contributed by atoms with Crippen molar-refractivity contribution >= 4 is 0 Å². The van der Waals surface area contributed by atoms with Gasteiger partial charge in [0.2, 0.25) is 0 Å². The number of aliphatic hydroxyl groups is 1. The minimum Gasteiger partial charge on any atom is -0.393 e. The van der Waals surface area contributed by atoms with Crippen molar-refractivity contribution in [1.29, 1.82) is 0 Å². The fourth-order valence-corrected chi connectivity index (χ4v) is 6.43. The van der Waals surface area contributed by atoms with Crippen molar-refractivity contribution in [2.75, 3.05) is 13.1 Å². The minimum atomic E-state index is -0.228. The number of rotatable bonds is 9. The predicted molar refractivity (Wildman–Crippen MR) is 126 cm³/mol. The molecule has 2 heteroatoms. The molecule has 0 heterocycles. The van der Waals surface area contributed by atoms with Crippen molar-refractivity contribution in [3.63, 3.8) is 0 Å². The first-order chi connectivity index (χ1) is 14.7. The van der Waals surface area contributed by atoms with E-state index in [1.807, 2.05) is 0 Å². The highest BCUT2D eigenvalue weighted by Gasteiger charge is 2.57. The van der Waals surface area contributed by atoms with Crippen LogP contribution in [0.2, 0.25) is 0 Å². The smallest absolute Gasteiger partial charge is 0.0597 e. The molecule has 3 saturated carbocycles. The first-order valence-electron chi connectivity index (χ1n) is 12.2. The molecule has 3 aliphatic carbocycles. The molecule has 1 N–H and O–H groups in total. The molecule has 0 spiro atoms. The number of unbranched alkanes of at least 4 members (excludes halogenated alkanes) is 2. The SMILES string of the molecule is CCCCN(CCCC)C12C[C@@H](O)C([C@H](c3ccccc3)C1)[C@H](c1ccccc1)C2. The normalized spacial score (nSPS) is 30.7.